The molecular formula is C16H24N4OS. The van der Waals surface area contributed by atoms with Crippen LogP contribution in [0.25, 0.3) is 0 Å². The molecule has 2 aromatic rings. The van der Waals surface area contributed by atoms with Crippen LogP contribution in [0.5, 0.6) is 0 Å². The molecule has 2 rings (SSSR count). The Morgan fingerprint density at radius 1 is 1.41 bits per heavy atom. The van der Waals surface area contributed by atoms with Gasteiger partial charge in [-0.15, -0.1) is 11.3 Å². The highest BCUT2D eigenvalue weighted by molar-refractivity contribution is 7.09. The Labute approximate surface area is 135 Å². The molecule has 0 bridgehead atoms. The van der Waals surface area contributed by atoms with Gasteiger partial charge >= 0.3 is 0 Å². The fraction of sp³-hybridized carbons (Fsp3) is 0.562. The zero-order chi connectivity index (χ0) is 16.3. The lowest BCUT2D eigenvalue weighted by molar-refractivity contribution is 0.0935. The average molecular weight is 320 g/mol. The van der Waals surface area contributed by atoms with Crippen LogP contribution in [0.2, 0.25) is 0 Å². The molecule has 2 aromatic heterocycles. The van der Waals surface area contributed by atoms with E-state index in [9.17, 15) is 4.79 Å². The summed E-state index contributed by atoms with van der Waals surface area (Å²) in [7, 11) is 0. The number of carbonyl (C=O) groups excluding carboxylic acids is 1. The highest BCUT2D eigenvalue weighted by Gasteiger charge is 2.20. The van der Waals surface area contributed by atoms with Gasteiger partial charge in [-0.3, -0.25) is 9.48 Å². The van der Waals surface area contributed by atoms with Gasteiger partial charge in [0.15, 0.2) is 0 Å². The first-order valence-corrected chi connectivity index (χ1v) is 8.65. The van der Waals surface area contributed by atoms with E-state index in [0.717, 1.165) is 41.3 Å². The van der Waals surface area contributed by atoms with Crippen LogP contribution in [0.1, 0.15) is 65.7 Å². The molecule has 0 aromatic carbocycles. The molecule has 1 N–H and O–H groups in total. The zero-order valence-corrected chi connectivity index (χ0v) is 14.8. The lowest BCUT2D eigenvalue weighted by Crippen LogP contribution is -2.27. The van der Waals surface area contributed by atoms with Crippen LogP contribution in [0.15, 0.2) is 5.38 Å². The normalized spacial score (nSPS) is 12.4. The lowest BCUT2D eigenvalue weighted by Gasteiger charge is -2.14. The number of thiazole rings is 1. The summed E-state index contributed by atoms with van der Waals surface area (Å²) in [5, 5.41) is 10.4. The van der Waals surface area contributed by atoms with Crippen molar-refractivity contribution in [1.82, 2.24) is 20.1 Å². The standard InChI is InChI=1S/C16H24N4OS/c1-6-8-14-18-13(9-22-14)16(21)17-10(3)15-11(4)19-20(7-2)12(15)5/h9-10H,6-8H2,1-5H3,(H,17,21)/t10-/m0/s1. The monoisotopic (exact) mass is 320 g/mol. The third kappa shape index (κ3) is 3.38. The number of rotatable bonds is 6. The molecule has 0 radical (unpaired) electrons. The molecule has 0 saturated heterocycles. The first-order chi connectivity index (χ1) is 10.5. The molecule has 1 amide bonds. The number of aromatic nitrogens is 3. The molecule has 0 spiro atoms. The van der Waals surface area contributed by atoms with Crippen LogP contribution in [0, 0.1) is 13.8 Å². The molecule has 0 aliphatic carbocycles. The summed E-state index contributed by atoms with van der Waals surface area (Å²) in [6, 6.07) is -0.0795. The van der Waals surface area contributed by atoms with E-state index >= 15 is 0 Å². The van der Waals surface area contributed by atoms with E-state index in [2.05, 4.69) is 29.2 Å². The number of nitrogens with one attached hydrogen (secondary N) is 1. The van der Waals surface area contributed by atoms with E-state index in [1.165, 1.54) is 0 Å². The predicted octanol–water partition coefficient (Wildman–Crippen LogP) is 3.42. The number of hydrogen-bond donors (Lipinski definition) is 1. The molecular weight excluding hydrogens is 296 g/mol. The maximum absolute atomic E-state index is 12.4. The first kappa shape index (κ1) is 16.7. The highest BCUT2D eigenvalue weighted by atomic mass is 32.1. The molecule has 0 aliphatic rings. The zero-order valence-electron chi connectivity index (χ0n) is 13.9. The van der Waals surface area contributed by atoms with Gasteiger partial charge < -0.3 is 5.32 Å². The quantitative estimate of drug-likeness (QED) is 0.887. The SMILES string of the molecule is CCCc1nc(C(=O)N[C@@H](C)c2c(C)nn(CC)c2C)cs1. The van der Waals surface area contributed by atoms with Crippen molar-refractivity contribution in [3.8, 4) is 0 Å². The van der Waals surface area contributed by atoms with Crippen LogP contribution in [0.4, 0.5) is 0 Å². The van der Waals surface area contributed by atoms with E-state index in [1.807, 2.05) is 30.8 Å². The van der Waals surface area contributed by atoms with Gasteiger partial charge in [0.05, 0.1) is 16.7 Å². The van der Waals surface area contributed by atoms with Crippen molar-refractivity contribution in [1.29, 1.82) is 0 Å². The molecule has 2 heterocycles. The Kier molecular flexibility index (Phi) is 5.34. The summed E-state index contributed by atoms with van der Waals surface area (Å²) in [6.07, 6.45) is 1.97. The summed E-state index contributed by atoms with van der Waals surface area (Å²) in [4.78, 5) is 16.7. The van der Waals surface area contributed by atoms with Crippen LogP contribution in [0.3, 0.4) is 0 Å². The number of aryl methyl sites for hydroxylation is 3. The summed E-state index contributed by atoms with van der Waals surface area (Å²) in [6.45, 7) is 11.0. The number of amides is 1. The van der Waals surface area contributed by atoms with E-state index in [-0.39, 0.29) is 11.9 Å². The highest BCUT2D eigenvalue weighted by Crippen LogP contribution is 2.22. The van der Waals surface area contributed by atoms with Gasteiger partial charge in [0.2, 0.25) is 0 Å². The van der Waals surface area contributed by atoms with Gasteiger partial charge in [0.25, 0.3) is 5.91 Å². The second-order valence-electron chi connectivity index (χ2n) is 5.47. The van der Waals surface area contributed by atoms with Crippen molar-refractivity contribution >= 4 is 17.2 Å². The van der Waals surface area contributed by atoms with Gasteiger partial charge in [-0.05, 0) is 40.5 Å². The molecule has 1 atom stereocenters. The maximum atomic E-state index is 12.4. The van der Waals surface area contributed by atoms with Crippen LogP contribution >= 0.6 is 11.3 Å². The Balaban J connectivity index is 2.12. The predicted molar refractivity (Wildman–Crippen MR) is 89.4 cm³/mol. The minimum Gasteiger partial charge on any atom is -0.344 e. The molecule has 5 nitrogen and oxygen atoms in total. The second-order valence-corrected chi connectivity index (χ2v) is 6.41. The van der Waals surface area contributed by atoms with Crippen molar-refractivity contribution < 1.29 is 4.79 Å². The second kappa shape index (κ2) is 7.05. The Hall–Kier alpha value is -1.69. The van der Waals surface area contributed by atoms with Gasteiger partial charge in [0.1, 0.15) is 5.69 Å². The Morgan fingerprint density at radius 3 is 2.73 bits per heavy atom. The van der Waals surface area contributed by atoms with Crippen molar-refractivity contribution in [2.45, 2.75) is 60.0 Å². The molecule has 22 heavy (non-hydrogen) atoms. The Morgan fingerprint density at radius 2 is 2.14 bits per heavy atom. The first-order valence-electron chi connectivity index (χ1n) is 7.77. The Bertz CT molecular complexity index is 659. The molecule has 0 fully saturated rings. The van der Waals surface area contributed by atoms with Crippen LogP contribution < -0.4 is 5.32 Å². The lowest BCUT2D eigenvalue weighted by atomic mass is 10.1. The van der Waals surface area contributed by atoms with Gasteiger partial charge in [0, 0.05) is 23.2 Å². The molecule has 6 heteroatoms. The van der Waals surface area contributed by atoms with E-state index in [1.54, 1.807) is 11.3 Å². The molecule has 120 valence electrons. The summed E-state index contributed by atoms with van der Waals surface area (Å²) in [5.41, 5.74) is 3.69. The minimum atomic E-state index is -0.117. The van der Waals surface area contributed by atoms with Gasteiger partial charge in [-0.25, -0.2) is 4.98 Å². The van der Waals surface area contributed by atoms with Crippen LogP contribution in [-0.4, -0.2) is 20.7 Å². The van der Waals surface area contributed by atoms with Crippen molar-refractivity contribution in [3.05, 3.63) is 33.0 Å². The van der Waals surface area contributed by atoms with Crippen molar-refractivity contribution in [2.75, 3.05) is 0 Å². The largest absolute Gasteiger partial charge is 0.344 e. The summed E-state index contributed by atoms with van der Waals surface area (Å²) >= 11 is 1.55. The minimum absolute atomic E-state index is 0.0795. The fourth-order valence-electron chi connectivity index (χ4n) is 2.73. The van der Waals surface area contributed by atoms with Gasteiger partial charge in [-0.1, -0.05) is 6.92 Å². The van der Waals surface area contributed by atoms with Crippen molar-refractivity contribution in [3.63, 3.8) is 0 Å². The fourth-order valence-corrected chi connectivity index (χ4v) is 3.61. The smallest absolute Gasteiger partial charge is 0.271 e. The number of hydrogen-bond acceptors (Lipinski definition) is 4. The van der Waals surface area contributed by atoms with E-state index in [0.29, 0.717) is 5.69 Å². The van der Waals surface area contributed by atoms with Crippen LogP contribution in [-0.2, 0) is 13.0 Å². The average Bonchev–Trinajstić information content (AvgIpc) is 3.04. The third-order valence-electron chi connectivity index (χ3n) is 3.77. The topological polar surface area (TPSA) is 59.8 Å². The van der Waals surface area contributed by atoms with Crippen molar-refractivity contribution in [2.24, 2.45) is 0 Å². The number of carbonyl (C=O) groups is 1. The van der Waals surface area contributed by atoms with Gasteiger partial charge in [-0.2, -0.15) is 5.10 Å². The molecule has 0 aliphatic heterocycles. The summed E-state index contributed by atoms with van der Waals surface area (Å²) in [5.74, 6) is -0.117. The maximum Gasteiger partial charge on any atom is 0.271 e. The third-order valence-corrected chi connectivity index (χ3v) is 4.67. The summed E-state index contributed by atoms with van der Waals surface area (Å²) < 4.78 is 1.97. The molecule has 0 saturated carbocycles. The molecule has 0 unspecified atom stereocenters. The number of nitrogens with zero attached hydrogens (tertiary/aromatic N) is 3. The van der Waals surface area contributed by atoms with E-state index in [4.69, 9.17) is 0 Å². The van der Waals surface area contributed by atoms with E-state index < -0.39 is 0 Å².